The summed E-state index contributed by atoms with van der Waals surface area (Å²) in [5.41, 5.74) is 13.2. The topological polar surface area (TPSA) is 3.24 Å². The van der Waals surface area contributed by atoms with Gasteiger partial charge in [-0.25, -0.2) is 0 Å². The molecule has 0 spiro atoms. The lowest BCUT2D eigenvalue weighted by atomic mass is 10.0. The highest BCUT2D eigenvalue weighted by molar-refractivity contribution is 5.93. The summed E-state index contributed by atoms with van der Waals surface area (Å²) in [5, 5.41) is 0. The molecule has 0 aromatic heterocycles. The summed E-state index contributed by atoms with van der Waals surface area (Å²) in [6, 6.07) is 31.4. The molecule has 0 saturated heterocycles. The fourth-order valence-electron chi connectivity index (χ4n) is 4.66. The molecule has 0 atom stereocenters. The SMILES string of the molecule is CCc1cccc(N(c2cccc(C)c2)c2cccc3c2-c2ccc(C)cc2C3)c1. The maximum absolute atomic E-state index is 2.43. The minimum atomic E-state index is 1.01. The van der Waals surface area contributed by atoms with Crippen LogP contribution in [0.4, 0.5) is 17.1 Å². The van der Waals surface area contributed by atoms with Crippen LogP contribution < -0.4 is 4.90 Å². The molecule has 30 heavy (non-hydrogen) atoms. The van der Waals surface area contributed by atoms with E-state index in [1.807, 2.05) is 0 Å². The summed E-state index contributed by atoms with van der Waals surface area (Å²) in [6.45, 7) is 6.56. The van der Waals surface area contributed by atoms with E-state index in [1.54, 1.807) is 0 Å². The van der Waals surface area contributed by atoms with Gasteiger partial charge in [-0.15, -0.1) is 0 Å². The van der Waals surface area contributed by atoms with Gasteiger partial charge in [0.05, 0.1) is 5.69 Å². The predicted molar refractivity (Wildman–Crippen MR) is 128 cm³/mol. The van der Waals surface area contributed by atoms with Crippen molar-refractivity contribution in [1.29, 1.82) is 0 Å². The Morgan fingerprint density at radius 2 is 1.43 bits per heavy atom. The molecule has 0 amide bonds. The molecular weight excluding hydrogens is 362 g/mol. The zero-order chi connectivity index (χ0) is 20.7. The smallest absolute Gasteiger partial charge is 0.0543 e. The van der Waals surface area contributed by atoms with Crippen LogP contribution in [0.15, 0.2) is 84.9 Å². The highest BCUT2D eigenvalue weighted by Gasteiger charge is 2.25. The number of hydrogen-bond donors (Lipinski definition) is 0. The van der Waals surface area contributed by atoms with Crippen LogP contribution >= 0.6 is 0 Å². The molecule has 0 fully saturated rings. The summed E-state index contributed by atoms with van der Waals surface area (Å²) in [4.78, 5) is 2.43. The van der Waals surface area contributed by atoms with Gasteiger partial charge < -0.3 is 4.90 Å². The summed E-state index contributed by atoms with van der Waals surface area (Å²) in [5.74, 6) is 0. The van der Waals surface area contributed by atoms with Crippen molar-refractivity contribution in [2.75, 3.05) is 4.90 Å². The van der Waals surface area contributed by atoms with Gasteiger partial charge in [0.1, 0.15) is 0 Å². The molecule has 1 aliphatic carbocycles. The first-order chi connectivity index (χ1) is 14.6. The number of rotatable bonds is 4. The van der Waals surface area contributed by atoms with Gasteiger partial charge in [-0.3, -0.25) is 0 Å². The van der Waals surface area contributed by atoms with E-state index in [1.165, 1.54) is 56.0 Å². The lowest BCUT2D eigenvalue weighted by Crippen LogP contribution is -2.12. The third-order valence-corrected chi connectivity index (χ3v) is 6.12. The lowest BCUT2D eigenvalue weighted by Gasteiger charge is -2.28. The quantitative estimate of drug-likeness (QED) is 0.302. The highest BCUT2D eigenvalue weighted by Crippen LogP contribution is 2.47. The number of benzene rings is 4. The fourth-order valence-corrected chi connectivity index (χ4v) is 4.66. The van der Waals surface area contributed by atoms with Crippen LogP contribution in [0.2, 0.25) is 0 Å². The first-order valence-corrected chi connectivity index (χ1v) is 10.8. The van der Waals surface area contributed by atoms with Gasteiger partial charge in [-0.1, -0.05) is 67.1 Å². The van der Waals surface area contributed by atoms with Gasteiger partial charge in [-0.2, -0.15) is 0 Å². The maximum atomic E-state index is 2.43. The largest absolute Gasteiger partial charge is 0.310 e. The van der Waals surface area contributed by atoms with Crippen LogP contribution in [0.25, 0.3) is 11.1 Å². The van der Waals surface area contributed by atoms with Gasteiger partial charge in [0.2, 0.25) is 0 Å². The molecule has 5 rings (SSSR count). The Bertz CT molecular complexity index is 1230. The zero-order valence-corrected chi connectivity index (χ0v) is 17.9. The Morgan fingerprint density at radius 1 is 0.700 bits per heavy atom. The predicted octanol–water partition coefficient (Wildman–Crippen LogP) is 7.91. The highest BCUT2D eigenvalue weighted by atomic mass is 15.1. The molecule has 0 unspecified atom stereocenters. The molecule has 4 aromatic rings. The maximum Gasteiger partial charge on any atom is 0.0543 e. The Labute approximate surface area is 179 Å². The Balaban J connectivity index is 1.76. The number of hydrogen-bond acceptors (Lipinski definition) is 1. The van der Waals surface area contributed by atoms with Crippen molar-refractivity contribution in [3.63, 3.8) is 0 Å². The number of fused-ring (bicyclic) bond motifs is 3. The fraction of sp³-hybridized carbons (Fsp3) is 0.172. The molecule has 0 saturated carbocycles. The van der Waals surface area contributed by atoms with Crippen molar-refractivity contribution in [3.05, 3.63) is 113 Å². The van der Waals surface area contributed by atoms with Crippen molar-refractivity contribution in [1.82, 2.24) is 0 Å². The second-order valence-electron chi connectivity index (χ2n) is 8.35. The molecule has 0 N–H and O–H groups in total. The van der Waals surface area contributed by atoms with E-state index < -0.39 is 0 Å². The second-order valence-corrected chi connectivity index (χ2v) is 8.35. The Morgan fingerprint density at radius 3 is 2.23 bits per heavy atom. The van der Waals surface area contributed by atoms with Gasteiger partial charge in [0.15, 0.2) is 0 Å². The molecule has 0 aliphatic heterocycles. The molecule has 0 radical (unpaired) electrons. The molecule has 0 bridgehead atoms. The van der Waals surface area contributed by atoms with E-state index in [0.29, 0.717) is 0 Å². The van der Waals surface area contributed by atoms with Crippen LogP contribution in [0.5, 0.6) is 0 Å². The molecular formula is C29H27N. The molecule has 1 aliphatic rings. The van der Waals surface area contributed by atoms with Crippen molar-refractivity contribution < 1.29 is 0 Å². The average Bonchev–Trinajstić information content (AvgIpc) is 3.12. The van der Waals surface area contributed by atoms with Gasteiger partial charge in [0.25, 0.3) is 0 Å². The summed E-state index contributed by atoms with van der Waals surface area (Å²) in [7, 11) is 0. The first kappa shape index (κ1) is 18.7. The summed E-state index contributed by atoms with van der Waals surface area (Å²) in [6.07, 6.45) is 2.04. The van der Waals surface area contributed by atoms with Crippen LogP contribution in [-0.4, -0.2) is 0 Å². The third kappa shape index (κ3) is 3.21. The molecule has 148 valence electrons. The van der Waals surface area contributed by atoms with E-state index in [4.69, 9.17) is 0 Å². The van der Waals surface area contributed by atoms with Crippen molar-refractivity contribution in [2.24, 2.45) is 0 Å². The van der Waals surface area contributed by atoms with E-state index in [2.05, 4.69) is 111 Å². The van der Waals surface area contributed by atoms with Gasteiger partial charge >= 0.3 is 0 Å². The van der Waals surface area contributed by atoms with E-state index >= 15 is 0 Å². The summed E-state index contributed by atoms with van der Waals surface area (Å²) < 4.78 is 0. The van der Waals surface area contributed by atoms with Gasteiger partial charge in [0, 0.05) is 16.9 Å². The molecule has 0 heterocycles. The average molecular weight is 390 g/mol. The monoisotopic (exact) mass is 389 g/mol. The van der Waals surface area contributed by atoms with Crippen LogP contribution in [0.1, 0.15) is 34.7 Å². The Hall–Kier alpha value is -3.32. The van der Waals surface area contributed by atoms with Crippen LogP contribution in [0.3, 0.4) is 0 Å². The number of anilines is 3. The molecule has 1 nitrogen and oxygen atoms in total. The molecule has 4 aromatic carbocycles. The number of nitrogens with zero attached hydrogens (tertiary/aromatic N) is 1. The van der Waals surface area contributed by atoms with E-state index in [9.17, 15) is 0 Å². The standard InChI is InChI=1S/C29H27N/c1-4-22-9-6-12-26(18-22)30(25-11-5-8-20(2)17-25)28-13-7-10-23-19-24-16-21(3)14-15-27(24)29(23)28/h5-18H,4,19H2,1-3H3. The Kier molecular flexibility index (Phi) is 4.67. The first-order valence-electron chi connectivity index (χ1n) is 10.8. The third-order valence-electron chi connectivity index (χ3n) is 6.12. The normalized spacial score (nSPS) is 11.8. The van der Waals surface area contributed by atoms with Crippen LogP contribution in [0, 0.1) is 13.8 Å². The zero-order valence-electron chi connectivity index (χ0n) is 17.9. The van der Waals surface area contributed by atoms with Gasteiger partial charge in [-0.05, 0) is 84.8 Å². The van der Waals surface area contributed by atoms with Crippen molar-refractivity contribution in [3.8, 4) is 11.1 Å². The lowest BCUT2D eigenvalue weighted by molar-refractivity contribution is 1.13. The second kappa shape index (κ2) is 7.50. The minimum Gasteiger partial charge on any atom is -0.310 e. The van der Waals surface area contributed by atoms with Crippen molar-refractivity contribution in [2.45, 2.75) is 33.6 Å². The number of aryl methyl sites for hydroxylation is 3. The van der Waals surface area contributed by atoms with E-state index in [0.717, 1.165) is 12.8 Å². The minimum absolute atomic E-state index is 1.01. The van der Waals surface area contributed by atoms with Crippen LogP contribution in [-0.2, 0) is 12.8 Å². The molecule has 1 heteroatoms. The summed E-state index contributed by atoms with van der Waals surface area (Å²) >= 11 is 0. The van der Waals surface area contributed by atoms with E-state index in [-0.39, 0.29) is 0 Å². The van der Waals surface area contributed by atoms with Crippen molar-refractivity contribution >= 4 is 17.1 Å².